The van der Waals surface area contributed by atoms with Crippen LogP contribution in [0.2, 0.25) is 0 Å². The van der Waals surface area contributed by atoms with E-state index in [1.54, 1.807) is 6.92 Å². The van der Waals surface area contributed by atoms with E-state index >= 15 is 0 Å². The van der Waals surface area contributed by atoms with Gasteiger partial charge in [-0.15, -0.1) is 0 Å². The van der Waals surface area contributed by atoms with Gasteiger partial charge in [0, 0.05) is 0 Å². The van der Waals surface area contributed by atoms with Crippen LogP contribution in [0.25, 0.3) is 0 Å². The zero-order chi connectivity index (χ0) is 13.1. The second-order valence-corrected chi connectivity index (χ2v) is 5.73. The first-order valence-electron chi connectivity index (χ1n) is 4.96. The summed E-state index contributed by atoms with van der Waals surface area (Å²) in [6.45, 7) is 1.74. The third-order valence-electron chi connectivity index (χ3n) is 2.00. The van der Waals surface area contributed by atoms with Gasteiger partial charge in [0.15, 0.2) is 0 Å². The molecule has 0 unspecified atom stereocenters. The Morgan fingerprint density at radius 2 is 2.18 bits per heavy atom. The summed E-state index contributed by atoms with van der Waals surface area (Å²) in [4.78, 5) is -0.183. The van der Waals surface area contributed by atoms with E-state index in [9.17, 15) is 12.8 Å². The molecule has 0 aliphatic carbocycles. The summed E-state index contributed by atoms with van der Waals surface area (Å²) < 4.78 is 38.9. The maximum atomic E-state index is 13.5. The number of nitrogens with two attached hydrogens (primary N) is 1. The second-order valence-electron chi connectivity index (χ2n) is 3.45. The van der Waals surface area contributed by atoms with Crippen LogP contribution >= 0.6 is 12.2 Å². The summed E-state index contributed by atoms with van der Waals surface area (Å²) in [5.41, 5.74) is 5.36. The summed E-state index contributed by atoms with van der Waals surface area (Å²) in [5, 5.41) is 0. The van der Waals surface area contributed by atoms with Crippen LogP contribution in [-0.2, 0) is 10.0 Å². The highest BCUT2D eigenvalue weighted by Crippen LogP contribution is 2.20. The Hall–Kier alpha value is -1.21. The highest BCUT2D eigenvalue weighted by atomic mass is 32.2. The zero-order valence-corrected chi connectivity index (χ0v) is 10.9. The minimum Gasteiger partial charge on any atom is -0.389 e. The van der Waals surface area contributed by atoms with Gasteiger partial charge in [-0.05, 0) is 18.6 Å². The molecule has 0 heterocycles. The largest absolute Gasteiger partial charge is 0.389 e. The van der Waals surface area contributed by atoms with E-state index in [2.05, 4.69) is 4.72 Å². The lowest BCUT2D eigenvalue weighted by molar-refractivity contribution is 0.599. The molecule has 0 aliphatic rings. The minimum atomic E-state index is -3.49. The van der Waals surface area contributed by atoms with Crippen molar-refractivity contribution in [3.63, 3.8) is 0 Å². The van der Waals surface area contributed by atoms with Crippen LogP contribution < -0.4 is 10.5 Å². The molecule has 0 radical (unpaired) electrons. The van der Waals surface area contributed by atoms with Crippen molar-refractivity contribution in [2.75, 3.05) is 10.5 Å². The third kappa shape index (κ3) is 3.64. The lowest BCUT2D eigenvalue weighted by atomic mass is 10.2. The molecule has 0 aromatic heterocycles. The molecule has 0 amide bonds. The number of thiocarbonyl (C=S) groups is 1. The maximum absolute atomic E-state index is 13.5. The number of hydrogen-bond donors (Lipinski definition) is 2. The third-order valence-corrected chi connectivity index (χ3v) is 3.68. The number of sulfonamides is 1. The predicted molar refractivity (Wildman–Crippen MR) is 70.0 cm³/mol. The van der Waals surface area contributed by atoms with Gasteiger partial charge in [0.05, 0.1) is 17.0 Å². The Bertz CT molecular complexity index is 529. The van der Waals surface area contributed by atoms with Crippen LogP contribution in [-0.4, -0.2) is 19.2 Å². The molecule has 7 heteroatoms. The molecule has 4 nitrogen and oxygen atoms in total. The number of hydrogen-bond acceptors (Lipinski definition) is 3. The SMILES string of the molecule is CCCS(=O)(=O)Nc1cccc(F)c1C(N)=S. The molecule has 0 saturated heterocycles. The molecule has 94 valence electrons. The van der Waals surface area contributed by atoms with Gasteiger partial charge in [-0.3, -0.25) is 4.72 Å². The number of rotatable bonds is 5. The van der Waals surface area contributed by atoms with Gasteiger partial charge in [-0.25, -0.2) is 12.8 Å². The fourth-order valence-corrected chi connectivity index (χ4v) is 2.70. The minimum absolute atomic E-state index is 0.0414. The van der Waals surface area contributed by atoms with Gasteiger partial charge < -0.3 is 5.73 Å². The molecule has 3 N–H and O–H groups in total. The van der Waals surface area contributed by atoms with Crippen molar-refractivity contribution in [2.24, 2.45) is 5.73 Å². The summed E-state index contributed by atoms with van der Waals surface area (Å²) in [6.07, 6.45) is 0.465. The summed E-state index contributed by atoms with van der Waals surface area (Å²) >= 11 is 4.69. The van der Waals surface area contributed by atoms with Crippen LogP contribution in [0.1, 0.15) is 18.9 Å². The van der Waals surface area contributed by atoms with E-state index in [0.717, 1.165) is 0 Å². The zero-order valence-electron chi connectivity index (χ0n) is 9.23. The van der Waals surface area contributed by atoms with Crippen molar-refractivity contribution < 1.29 is 12.8 Å². The van der Waals surface area contributed by atoms with Crippen molar-refractivity contribution >= 4 is 32.9 Å². The smallest absolute Gasteiger partial charge is 0.232 e. The van der Waals surface area contributed by atoms with E-state index < -0.39 is 15.8 Å². The first-order chi connectivity index (χ1) is 7.87. The standard InChI is InChI=1S/C10H13FN2O2S2/c1-2-6-17(14,15)13-8-5-3-4-7(11)9(8)10(12)16/h3-5,13H,2,6H2,1H3,(H2,12,16). The van der Waals surface area contributed by atoms with E-state index in [4.69, 9.17) is 18.0 Å². The highest BCUT2D eigenvalue weighted by molar-refractivity contribution is 7.92. The number of halogens is 1. The molecule has 0 aliphatic heterocycles. The van der Waals surface area contributed by atoms with Crippen LogP contribution in [0, 0.1) is 5.82 Å². The van der Waals surface area contributed by atoms with Gasteiger partial charge in [0.1, 0.15) is 10.8 Å². The normalized spacial score (nSPS) is 11.2. The van der Waals surface area contributed by atoms with Gasteiger partial charge in [-0.2, -0.15) is 0 Å². The van der Waals surface area contributed by atoms with Crippen molar-refractivity contribution in [3.8, 4) is 0 Å². The fourth-order valence-electron chi connectivity index (χ4n) is 1.35. The number of nitrogens with one attached hydrogen (secondary N) is 1. The Kier molecular flexibility index (Phi) is 4.41. The highest BCUT2D eigenvalue weighted by Gasteiger charge is 2.16. The molecule has 0 atom stereocenters. The Morgan fingerprint density at radius 3 is 2.71 bits per heavy atom. The molecular formula is C10H13FN2O2S2. The molecule has 1 aromatic carbocycles. The fraction of sp³-hybridized carbons (Fsp3) is 0.300. The summed E-state index contributed by atoms with van der Waals surface area (Å²) in [7, 11) is -3.49. The Morgan fingerprint density at radius 1 is 1.53 bits per heavy atom. The average molecular weight is 276 g/mol. The molecule has 0 saturated carbocycles. The molecule has 0 fully saturated rings. The summed E-state index contributed by atoms with van der Waals surface area (Å²) in [5.74, 6) is -0.686. The van der Waals surface area contributed by atoms with Crippen LogP contribution in [0.15, 0.2) is 18.2 Å². The van der Waals surface area contributed by atoms with E-state index in [1.807, 2.05) is 0 Å². The molecule has 1 aromatic rings. The number of anilines is 1. The van der Waals surface area contributed by atoms with Gasteiger partial charge in [-0.1, -0.05) is 25.2 Å². The Labute approximate surface area is 105 Å². The van der Waals surface area contributed by atoms with Crippen molar-refractivity contribution in [1.29, 1.82) is 0 Å². The Balaban J connectivity index is 3.16. The molecule has 0 spiro atoms. The lowest BCUT2D eigenvalue weighted by Crippen LogP contribution is -2.21. The predicted octanol–water partition coefficient (Wildman–Crippen LogP) is 1.61. The first kappa shape index (κ1) is 13.9. The van der Waals surface area contributed by atoms with Gasteiger partial charge >= 0.3 is 0 Å². The van der Waals surface area contributed by atoms with Gasteiger partial charge in [0.2, 0.25) is 10.0 Å². The molecule has 17 heavy (non-hydrogen) atoms. The van der Waals surface area contributed by atoms with Gasteiger partial charge in [0.25, 0.3) is 0 Å². The first-order valence-corrected chi connectivity index (χ1v) is 7.02. The quantitative estimate of drug-likeness (QED) is 0.801. The van der Waals surface area contributed by atoms with Crippen molar-refractivity contribution in [3.05, 3.63) is 29.6 Å². The topological polar surface area (TPSA) is 72.2 Å². The van der Waals surface area contributed by atoms with Crippen LogP contribution in [0.4, 0.5) is 10.1 Å². The second kappa shape index (κ2) is 5.42. The summed E-state index contributed by atoms with van der Waals surface area (Å²) in [6, 6.07) is 3.98. The van der Waals surface area contributed by atoms with E-state index in [-0.39, 0.29) is 22.0 Å². The molecular weight excluding hydrogens is 263 g/mol. The van der Waals surface area contributed by atoms with Crippen molar-refractivity contribution in [2.45, 2.75) is 13.3 Å². The van der Waals surface area contributed by atoms with E-state index in [0.29, 0.717) is 6.42 Å². The molecule has 1 rings (SSSR count). The molecule has 0 bridgehead atoms. The van der Waals surface area contributed by atoms with Crippen molar-refractivity contribution in [1.82, 2.24) is 0 Å². The lowest BCUT2D eigenvalue weighted by Gasteiger charge is -2.11. The maximum Gasteiger partial charge on any atom is 0.232 e. The van der Waals surface area contributed by atoms with Crippen LogP contribution in [0.3, 0.4) is 0 Å². The monoisotopic (exact) mass is 276 g/mol. The van der Waals surface area contributed by atoms with Crippen LogP contribution in [0.5, 0.6) is 0 Å². The average Bonchev–Trinajstić information content (AvgIpc) is 2.15. The number of benzene rings is 1. The van der Waals surface area contributed by atoms with E-state index in [1.165, 1.54) is 18.2 Å².